The van der Waals surface area contributed by atoms with E-state index in [1.165, 1.54) is 5.56 Å². The van der Waals surface area contributed by atoms with Crippen molar-refractivity contribution in [3.8, 4) is 0 Å². The summed E-state index contributed by atoms with van der Waals surface area (Å²) in [7, 11) is 1.95. The van der Waals surface area contributed by atoms with Crippen LogP contribution in [0.2, 0.25) is 0 Å². The van der Waals surface area contributed by atoms with Gasteiger partial charge in [0.2, 0.25) is 0 Å². The summed E-state index contributed by atoms with van der Waals surface area (Å²) in [6.45, 7) is 10.3. The van der Waals surface area contributed by atoms with Gasteiger partial charge in [0.15, 0.2) is 0 Å². The highest BCUT2D eigenvalue weighted by molar-refractivity contribution is 5.08. The molecule has 1 heterocycles. The summed E-state index contributed by atoms with van der Waals surface area (Å²) in [6, 6.07) is 0.307. The second kappa shape index (κ2) is 6.90. The zero-order valence-electron chi connectivity index (χ0n) is 12.4. The molecule has 1 unspecified atom stereocenters. The van der Waals surface area contributed by atoms with Crippen LogP contribution in [-0.2, 0) is 18.2 Å². The minimum atomic E-state index is -0.167. The fourth-order valence-corrected chi connectivity index (χ4v) is 2.17. The van der Waals surface area contributed by atoms with Crippen molar-refractivity contribution >= 4 is 0 Å². The third-order valence-electron chi connectivity index (χ3n) is 3.19. The van der Waals surface area contributed by atoms with Crippen LogP contribution in [0.1, 0.15) is 39.7 Å². The van der Waals surface area contributed by atoms with Crippen LogP contribution in [0.3, 0.4) is 0 Å². The van der Waals surface area contributed by atoms with Gasteiger partial charge in [0.25, 0.3) is 0 Å². The van der Waals surface area contributed by atoms with Crippen LogP contribution in [0.25, 0.3) is 0 Å². The molecule has 1 atom stereocenters. The number of aryl methyl sites for hydroxylation is 1. The van der Waals surface area contributed by atoms with Gasteiger partial charge in [-0.25, -0.2) is 0 Å². The Balaban J connectivity index is 2.71. The van der Waals surface area contributed by atoms with E-state index in [0.29, 0.717) is 6.04 Å². The second-order valence-corrected chi connectivity index (χ2v) is 5.27. The van der Waals surface area contributed by atoms with E-state index in [9.17, 15) is 0 Å². The zero-order valence-corrected chi connectivity index (χ0v) is 12.4. The van der Waals surface area contributed by atoms with Gasteiger partial charge in [-0.1, -0.05) is 6.92 Å². The first-order chi connectivity index (χ1) is 8.49. The third-order valence-corrected chi connectivity index (χ3v) is 3.19. The third kappa shape index (κ3) is 4.42. The number of hydrogen-bond donors (Lipinski definition) is 1. The maximum atomic E-state index is 5.88. The summed E-state index contributed by atoms with van der Waals surface area (Å²) in [6.07, 6.45) is 6.08. The highest BCUT2D eigenvalue weighted by atomic mass is 16.5. The Kier molecular flexibility index (Phi) is 5.82. The summed E-state index contributed by atoms with van der Waals surface area (Å²) < 4.78 is 7.72. The van der Waals surface area contributed by atoms with Crippen molar-refractivity contribution in [2.75, 3.05) is 13.2 Å². The van der Waals surface area contributed by atoms with E-state index in [2.05, 4.69) is 37.4 Å². The van der Waals surface area contributed by atoms with Gasteiger partial charge >= 0.3 is 0 Å². The first-order valence-corrected chi connectivity index (χ1v) is 6.84. The zero-order chi connectivity index (χ0) is 13.6. The minimum absolute atomic E-state index is 0.167. The SMILES string of the molecule is CCCNC(Cc1cnn(C)c1)C(C)(C)OCC. The number of hydrogen-bond acceptors (Lipinski definition) is 3. The predicted molar refractivity (Wildman–Crippen MR) is 74.7 cm³/mol. The van der Waals surface area contributed by atoms with E-state index in [4.69, 9.17) is 4.74 Å². The van der Waals surface area contributed by atoms with Gasteiger partial charge in [0, 0.05) is 25.9 Å². The van der Waals surface area contributed by atoms with E-state index >= 15 is 0 Å². The largest absolute Gasteiger partial charge is 0.374 e. The van der Waals surface area contributed by atoms with Gasteiger partial charge < -0.3 is 10.1 Å². The molecule has 0 saturated heterocycles. The van der Waals surface area contributed by atoms with Crippen molar-refractivity contribution < 1.29 is 4.74 Å². The van der Waals surface area contributed by atoms with Crippen molar-refractivity contribution in [3.05, 3.63) is 18.0 Å². The first kappa shape index (κ1) is 15.2. The molecule has 1 rings (SSSR count). The number of nitrogens with zero attached hydrogens (tertiary/aromatic N) is 2. The van der Waals surface area contributed by atoms with E-state index in [1.54, 1.807) is 0 Å². The summed E-state index contributed by atoms with van der Waals surface area (Å²) >= 11 is 0. The van der Waals surface area contributed by atoms with Crippen LogP contribution in [0.5, 0.6) is 0 Å². The lowest BCUT2D eigenvalue weighted by atomic mass is 9.93. The highest BCUT2D eigenvalue weighted by Gasteiger charge is 2.29. The molecule has 0 aromatic carbocycles. The summed E-state index contributed by atoms with van der Waals surface area (Å²) in [4.78, 5) is 0. The fourth-order valence-electron chi connectivity index (χ4n) is 2.17. The predicted octanol–water partition coefficient (Wildman–Crippen LogP) is 2.15. The van der Waals surface area contributed by atoms with Crippen LogP contribution >= 0.6 is 0 Å². The Morgan fingerprint density at radius 3 is 2.67 bits per heavy atom. The van der Waals surface area contributed by atoms with Crippen molar-refractivity contribution in [1.29, 1.82) is 0 Å². The number of nitrogens with one attached hydrogen (secondary N) is 1. The lowest BCUT2D eigenvalue weighted by molar-refractivity contribution is -0.0379. The fraction of sp³-hybridized carbons (Fsp3) is 0.786. The molecule has 0 aliphatic carbocycles. The van der Waals surface area contributed by atoms with Gasteiger partial charge in [-0.05, 0) is 45.7 Å². The number of aromatic nitrogens is 2. The van der Waals surface area contributed by atoms with E-state index in [0.717, 1.165) is 26.0 Å². The molecule has 0 spiro atoms. The normalized spacial score (nSPS) is 13.8. The molecule has 0 aliphatic rings. The Hall–Kier alpha value is -0.870. The monoisotopic (exact) mass is 253 g/mol. The van der Waals surface area contributed by atoms with Gasteiger partial charge in [-0.2, -0.15) is 5.10 Å². The van der Waals surface area contributed by atoms with E-state index < -0.39 is 0 Å². The molecule has 0 radical (unpaired) electrons. The lowest BCUT2D eigenvalue weighted by Crippen LogP contribution is -2.50. The van der Waals surface area contributed by atoms with Gasteiger partial charge in [-0.3, -0.25) is 4.68 Å². The smallest absolute Gasteiger partial charge is 0.0781 e. The van der Waals surface area contributed by atoms with Crippen LogP contribution < -0.4 is 5.32 Å². The van der Waals surface area contributed by atoms with Crippen LogP contribution in [0, 0.1) is 0 Å². The maximum Gasteiger partial charge on any atom is 0.0781 e. The van der Waals surface area contributed by atoms with Crippen molar-refractivity contribution in [3.63, 3.8) is 0 Å². The van der Waals surface area contributed by atoms with Crippen LogP contribution in [-0.4, -0.2) is 34.6 Å². The molecule has 1 aromatic heterocycles. The molecule has 0 saturated carbocycles. The van der Waals surface area contributed by atoms with Crippen molar-refractivity contribution in [2.24, 2.45) is 7.05 Å². The quantitative estimate of drug-likeness (QED) is 0.771. The average molecular weight is 253 g/mol. The minimum Gasteiger partial charge on any atom is -0.374 e. The van der Waals surface area contributed by atoms with Crippen molar-refractivity contribution in [2.45, 2.75) is 52.2 Å². The first-order valence-electron chi connectivity index (χ1n) is 6.84. The molecular formula is C14H27N3O. The number of rotatable bonds is 8. The Morgan fingerprint density at radius 1 is 1.44 bits per heavy atom. The van der Waals surface area contributed by atoms with E-state index in [-0.39, 0.29) is 5.60 Å². The van der Waals surface area contributed by atoms with Gasteiger partial charge in [0.1, 0.15) is 0 Å². The van der Waals surface area contributed by atoms with Crippen LogP contribution in [0.4, 0.5) is 0 Å². The molecular weight excluding hydrogens is 226 g/mol. The summed E-state index contributed by atoms with van der Waals surface area (Å²) in [5.74, 6) is 0. The topological polar surface area (TPSA) is 39.1 Å². The standard InChI is InChI=1S/C14H27N3O/c1-6-8-15-13(14(3,4)18-7-2)9-12-10-16-17(5)11-12/h10-11,13,15H,6-9H2,1-5H3. The molecule has 4 nitrogen and oxygen atoms in total. The number of ether oxygens (including phenoxy) is 1. The molecule has 0 fully saturated rings. The molecule has 18 heavy (non-hydrogen) atoms. The van der Waals surface area contributed by atoms with Gasteiger partial charge in [0.05, 0.1) is 11.8 Å². The van der Waals surface area contributed by atoms with Crippen molar-refractivity contribution in [1.82, 2.24) is 15.1 Å². The maximum absolute atomic E-state index is 5.88. The van der Waals surface area contributed by atoms with Crippen LogP contribution in [0.15, 0.2) is 12.4 Å². The van der Waals surface area contributed by atoms with Gasteiger partial charge in [-0.15, -0.1) is 0 Å². The Bertz CT molecular complexity index is 347. The average Bonchev–Trinajstić information content (AvgIpc) is 2.70. The summed E-state index contributed by atoms with van der Waals surface area (Å²) in [5, 5.41) is 7.82. The molecule has 104 valence electrons. The highest BCUT2D eigenvalue weighted by Crippen LogP contribution is 2.19. The molecule has 1 aromatic rings. The molecule has 0 aliphatic heterocycles. The molecule has 0 bridgehead atoms. The molecule has 4 heteroatoms. The Labute approximate surface area is 111 Å². The summed E-state index contributed by atoms with van der Waals surface area (Å²) in [5.41, 5.74) is 1.08. The second-order valence-electron chi connectivity index (χ2n) is 5.27. The molecule has 1 N–H and O–H groups in total. The molecule has 0 amide bonds. The van der Waals surface area contributed by atoms with E-state index in [1.807, 2.05) is 24.9 Å². The Morgan fingerprint density at radius 2 is 2.17 bits per heavy atom. The lowest BCUT2D eigenvalue weighted by Gasteiger charge is -2.35.